The van der Waals surface area contributed by atoms with Crippen molar-refractivity contribution in [2.75, 3.05) is 23.4 Å². The largest absolute Gasteiger partial charge is 0.478 e. The number of nitrogens with one attached hydrogen (secondary N) is 2. The normalized spacial score (nSPS) is 9.85. The number of urea groups is 1. The Morgan fingerprint density at radius 3 is 2.85 bits per heavy atom. The molecule has 1 aromatic carbocycles. The van der Waals surface area contributed by atoms with Crippen LogP contribution >= 0.6 is 11.8 Å². The highest BCUT2D eigenvalue weighted by molar-refractivity contribution is 7.99. The van der Waals surface area contributed by atoms with E-state index in [2.05, 4.69) is 17.2 Å². The maximum atomic E-state index is 13.0. The van der Waals surface area contributed by atoms with E-state index in [4.69, 9.17) is 5.11 Å². The summed E-state index contributed by atoms with van der Waals surface area (Å²) in [6, 6.07) is 2.63. The minimum atomic E-state index is -1.30. The van der Waals surface area contributed by atoms with Gasteiger partial charge in [0, 0.05) is 18.1 Å². The summed E-state index contributed by atoms with van der Waals surface area (Å²) in [7, 11) is 0. The molecule has 0 bridgehead atoms. The summed E-state index contributed by atoms with van der Waals surface area (Å²) < 4.78 is 13.0. The first-order valence-corrected chi connectivity index (χ1v) is 6.96. The zero-order valence-electron chi connectivity index (χ0n) is 10.7. The quantitative estimate of drug-likeness (QED) is 0.534. The lowest BCUT2D eigenvalue weighted by atomic mass is 10.2. The molecule has 0 heterocycles. The Kier molecular flexibility index (Phi) is 6.58. The second-order valence-electron chi connectivity index (χ2n) is 3.74. The van der Waals surface area contributed by atoms with Gasteiger partial charge in [-0.1, -0.05) is 6.08 Å². The van der Waals surface area contributed by atoms with Crippen molar-refractivity contribution < 1.29 is 19.1 Å². The van der Waals surface area contributed by atoms with E-state index in [1.54, 1.807) is 17.8 Å². The number of rotatable bonds is 7. The number of carbonyl (C=O) groups excluding carboxylic acids is 1. The topological polar surface area (TPSA) is 78.4 Å². The first-order valence-electron chi connectivity index (χ1n) is 5.81. The molecule has 0 spiro atoms. The molecule has 2 amide bonds. The van der Waals surface area contributed by atoms with Gasteiger partial charge in [-0.2, -0.15) is 11.8 Å². The molecular weight excluding hydrogens is 283 g/mol. The Hall–Kier alpha value is -2.02. The summed E-state index contributed by atoms with van der Waals surface area (Å²) in [4.78, 5) is 22.5. The lowest BCUT2D eigenvalue weighted by molar-refractivity contribution is 0.0697. The molecule has 1 rings (SSSR count). The standard InChI is InChI=1S/C13H15FN2O3S/c1-2-6-20-7-5-15-13(19)16-11-4-3-9(14)8-10(11)12(17)18/h2-4,8H,1,5-7H2,(H,17,18)(H2,15,16,19). The van der Waals surface area contributed by atoms with E-state index in [0.717, 1.165) is 17.9 Å². The Morgan fingerprint density at radius 2 is 2.20 bits per heavy atom. The summed E-state index contributed by atoms with van der Waals surface area (Å²) in [6.45, 7) is 4.01. The molecule has 0 aliphatic heterocycles. The molecule has 0 radical (unpaired) electrons. The van der Waals surface area contributed by atoms with Crippen molar-refractivity contribution in [3.8, 4) is 0 Å². The molecule has 0 aliphatic rings. The van der Waals surface area contributed by atoms with Gasteiger partial charge in [-0.05, 0) is 18.2 Å². The third kappa shape index (κ3) is 5.31. The van der Waals surface area contributed by atoms with E-state index in [1.807, 2.05) is 0 Å². The fourth-order valence-electron chi connectivity index (χ4n) is 1.37. The van der Waals surface area contributed by atoms with Gasteiger partial charge in [-0.3, -0.25) is 0 Å². The third-order valence-electron chi connectivity index (χ3n) is 2.23. The molecule has 0 aromatic heterocycles. The van der Waals surface area contributed by atoms with Crippen LogP contribution in [0, 0.1) is 5.82 Å². The molecule has 20 heavy (non-hydrogen) atoms. The number of carboxylic acid groups (broad SMARTS) is 1. The fraction of sp³-hybridized carbons (Fsp3) is 0.231. The summed E-state index contributed by atoms with van der Waals surface area (Å²) in [5, 5.41) is 13.9. The van der Waals surface area contributed by atoms with Crippen molar-refractivity contribution in [1.29, 1.82) is 0 Å². The van der Waals surface area contributed by atoms with E-state index in [1.165, 1.54) is 6.07 Å². The Labute approximate surface area is 120 Å². The van der Waals surface area contributed by atoms with Crippen molar-refractivity contribution in [2.24, 2.45) is 0 Å². The number of thioether (sulfide) groups is 1. The predicted octanol–water partition coefficient (Wildman–Crippen LogP) is 2.56. The van der Waals surface area contributed by atoms with Gasteiger partial charge in [-0.15, -0.1) is 6.58 Å². The van der Waals surface area contributed by atoms with Gasteiger partial charge in [0.05, 0.1) is 11.3 Å². The number of carboxylic acids is 1. The van der Waals surface area contributed by atoms with Gasteiger partial charge in [0.1, 0.15) is 5.82 Å². The Morgan fingerprint density at radius 1 is 1.45 bits per heavy atom. The third-order valence-corrected chi connectivity index (χ3v) is 3.19. The predicted molar refractivity (Wildman–Crippen MR) is 77.9 cm³/mol. The van der Waals surface area contributed by atoms with Crippen LogP contribution in [0.3, 0.4) is 0 Å². The highest BCUT2D eigenvalue weighted by Gasteiger charge is 2.13. The lowest BCUT2D eigenvalue weighted by Gasteiger charge is -2.09. The summed E-state index contributed by atoms with van der Waals surface area (Å²) in [6.07, 6.45) is 1.77. The van der Waals surface area contributed by atoms with Gasteiger partial charge in [0.25, 0.3) is 0 Å². The number of amides is 2. The van der Waals surface area contributed by atoms with Crippen LogP contribution in [0.1, 0.15) is 10.4 Å². The molecule has 108 valence electrons. The molecule has 0 atom stereocenters. The second kappa shape index (κ2) is 8.21. The smallest absolute Gasteiger partial charge is 0.337 e. The van der Waals surface area contributed by atoms with Gasteiger partial charge < -0.3 is 15.7 Å². The number of aromatic carboxylic acids is 1. The van der Waals surface area contributed by atoms with Crippen LogP contribution in [0.15, 0.2) is 30.9 Å². The number of halogens is 1. The van der Waals surface area contributed by atoms with Crippen molar-refractivity contribution in [2.45, 2.75) is 0 Å². The van der Waals surface area contributed by atoms with Crippen molar-refractivity contribution in [3.63, 3.8) is 0 Å². The van der Waals surface area contributed by atoms with Crippen molar-refractivity contribution >= 4 is 29.4 Å². The average molecular weight is 298 g/mol. The van der Waals surface area contributed by atoms with Crippen LogP contribution in [0.4, 0.5) is 14.9 Å². The Balaban J connectivity index is 2.53. The van der Waals surface area contributed by atoms with Crippen molar-refractivity contribution in [1.82, 2.24) is 5.32 Å². The molecule has 0 fully saturated rings. The van der Waals surface area contributed by atoms with Crippen LogP contribution in [-0.2, 0) is 0 Å². The lowest BCUT2D eigenvalue weighted by Crippen LogP contribution is -2.31. The van der Waals surface area contributed by atoms with Gasteiger partial charge in [-0.25, -0.2) is 14.0 Å². The summed E-state index contributed by atoms with van der Waals surface area (Å²) in [5.74, 6) is -0.463. The monoisotopic (exact) mass is 298 g/mol. The zero-order chi connectivity index (χ0) is 15.0. The molecule has 5 nitrogen and oxygen atoms in total. The highest BCUT2D eigenvalue weighted by Crippen LogP contribution is 2.16. The summed E-state index contributed by atoms with van der Waals surface area (Å²) >= 11 is 1.61. The number of carbonyl (C=O) groups is 2. The number of hydrogen-bond donors (Lipinski definition) is 3. The first kappa shape index (κ1) is 16.0. The molecule has 0 unspecified atom stereocenters. The summed E-state index contributed by atoms with van der Waals surface area (Å²) in [5.41, 5.74) is -0.240. The molecule has 0 aliphatic carbocycles. The van der Waals surface area contributed by atoms with E-state index < -0.39 is 17.8 Å². The number of hydrogen-bond acceptors (Lipinski definition) is 3. The van der Waals surface area contributed by atoms with E-state index in [-0.39, 0.29) is 11.3 Å². The fourth-order valence-corrected chi connectivity index (χ4v) is 1.95. The first-order chi connectivity index (χ1) is 9.54. The van der Waals surface area contributed by atoms with Gasteiger partial charge in [0.2, 0.25) is 0 Å². The van der Waals surface area contributed by atoms with Gasteiger partial charge >= 0.3 is 12.0 Å². The molecule has 1 aromatic rings. The number of anilines is 1. The number of benzene rings is 1. The van der Waals surface area contributed by atoms with Crippen LogP contribution in [0.5, 0.6) is 0 Å². The minimum Gasteiger partial charge on any atom is -0.478 e. The van der Waals surface area contributed by atoms with E-state index in [0.29, 0.717) is 12.3 Å². The second-order valence-corrected chi connectivity index (χ2v) is 4.89. The van der Waals surface area contributed by atoms with E-state index >= 15 is 0 Å². The van der Waals surface area contributed by atoms with E-state index in [9.17, 15) is 14.0 Å². The Bertz CT molecular complexity index is 508. The molecule has 0 saturated carbocycles. The van der Waals surface area contributed by atoms with Crippen molar-refractivity contribution in [3.05, 3.63) is 42.2 Å². The zero-order valence-corrected chi connectivity index (χ0v) is 11.5. The molecule has 7 heteroatoms. The molecular formula is C13H15FN2O3S. The van der Waals surface area contributed by atoms with Crippen LogP contribution in [0.25, 0.3) is 0 Å². The van der Waals surface area contributed by atoms with Crippen LogP contribution in [0.2, 0.25) is 0 Å². The molecule has 0 saturated heterocycles. The SMILES string of the molecule is C=CCSCCNC(=O)Nc1ccc(F)cc1C(=O)O. The maximum Gasteiger partial charge on any atom is 0.337 e. The van der Waals surface area contributed by atoms with Gasteiger partial charge in [0.15, 0.2) is 0 Å². The van der Waals surface area contributed by atoms with Crippen LogP contribution in [-0.4, -0.2) is 35.2 Å². The minimum absolute atomic E-state index is 0.0511. The average Bonchev–Trinajstić information content (AvgIpc) is 2.40. The molecule has 3 N–H and O–H groups in total. The van der Waals surface area contributed by atoms with Crippen LogP contribution < -0.4 is 10.6 Å². The maximum absolute atomic E-state index is 13.0. The highest BCUT2D eigenvalue weighted by atomic mass is 32.2.